The Bertz CT molecular complexity index is 1140. The van der Waals surface area contributed by atoms with Crippen molar-refractivity contribution in [2.45, 2.75) is 20.5 Å². The van der Waals surface area contributed by atoms with Crippen LogP contribution in [0.15, 0.2) is 51.7 Å². The number of halogens is 1. The largest absolute Gasteiger partial charge is 0.457 e. The van der Waals surface area contributed by atoms with Gasteiger partial charge in [0.25, 0.3) is 0 Å². The first-order valence-corrected chi connectivity index (χ1v) is 8.81. The summed E-state index contributed by atoms with van der Waals surface area (Å²) in [6.45, 7) is 3.28. The second kappa shape index (κ2) is 8.55. The maximum atomic E-state index is 13.6. The van der Waals surface area contributed by atoms with Crippen molar-refractivity contribution in [3.05, 3.63) is 75.4 Å². The molecule has 0 unspecified atom stereocenters. The van der Waals surface area contributed by atoms with Gasteiger partial charge in [-0.1, -0.05) is 6.07 Å². The third kappa shape index (κ3) is 4.78. The second-order valence-corrected chi connectivity index (χ2v) is 6.19. The lowest BCUT2D eigenvalue weighted by Crippen LogP contribution is -2.13. The number of benzene rings is 2. The zero-order valence-corrected chi connectivity index (χ0v) is 15.8. The number of hydrogen-bond donors (Lipinski definition) is 1. The van der Waals surface area contributed by atoms with Gasteiger partial charge in [0.2, 0.25) is 0 Å². The molecule has 1 N–H and O–H groups in total. The van der Waals surface area contributed by atoms with Crippen LogP contribution in [0.2, 0.25) is 0 Å². The monoisotopic (exact) mass is 399 g/mol. The number of nitrogens with one attached hydrogen (secondary N) is 1. The molecule has 0 aliphatic rings. The van der Waals surface area contributed by atoms with Crippen LogP contribution in [-0.2, 0) is 16.1 Å². The fourth-order valence-corrected chi connectivity index (χ4v) is 2.66. The summed E-state index contributed by atoms with van der Waals surface area (Å²) in [7, 11) is 0. The molecule has 0 saturated heterocycles. The molecule has 0 aliphatic carbocycles. The number of rotatable bonds is 5. The lowest BCUT2D eigenvalue weighted by Gasteiger charge is -2.09. The van der Waals surface area contributed by atoms with Gasteiger partial charge < -0.3 is 13.9 Å². The molecule has 8 heteroatoms. The zero-order chi connectivity index (χ0) is 21.0. The van der Waals surface area contributed by atoms with Gasteiger partial charge in [0.1, 0.15) is 18.0 Å². The number of anilines is 1. The van der Waals surface area contributed by atoms with E-state index in [0.29, 0.717) is 22.2 Å². The first kappa shape index (κ1) is 20.1. The first-order valence-electron chi connectivity index (χ1n) is 8.81. The van der Waals surface area contributed by atoms with Crippen molar-refractivity contribution in [2.75, 3.05) is 11.9 Å². The van der Waals surface area contributed by atoms with Crippen molar-refractivity contribution < 1.29 is 27.9 Å². The highest BCUT2D eigenvalue weighted by atomic mass is 19.1. The van der Waals surface area contributed by atoms with Crippen molar-refractivity contribution in [1.82, 2.24) is 0 Å². The fraction of sp³-hybridized carbons (Fsp3) is 0.190. The van der Waals surface area contributed by atoms with Gasteiger partial charge in [-0.25, -0.2) is 18.8 Å². The van der Waals surface area contributed by atoms with E-state index in [-0.39, 0.29) is 24.4 Å². The molecular weight excluding hydrogens is 381 g/mol. The molecule has 2 aromatic carbocycles. The highest BCUT2D eigenvalue weighted by molar-refractivity contribution is 5.91. The van der Waals surface area contributed by atoms with Crippen LogP contribution in [0, 0.1) is 12.7 Å². The lowest BCUT2D eigenvalue weighted by atomic mass is 10.1. The van der Waals surface area contributed by atoms with Gasteiger partial charge in [-0.3, -0.25) is 5.32 Å². The summed E-state index contributed by atoms with van der Waals surface area (Å²) in [5.41, 5.74) is 0.849. The summed E-state index contributed by atoms with van der Waals surface area (Å²) in [5.74, 6) is -1.22. The molecular formula is C21H18FNO6. The van der Waals surface area contributed by atoms with Gasteiger partial charge in [0, 0.05) is 28.8 Å². The first-order chi connectivity index (χ1) is 13.9. The normalized spacial score (nSPS) is 10.6. The predicted octanol–water partition coefficient (Wildman–Crippen LogP) is 4.17. The molecule has 3 rings (SSSR count). The van der Waals surface area contributed by atoms with Crippen LogP contribution in [0.1, 0.15) is 28.4 Å². The Labute approximate surface area is 165 Å². The Balaban J connectivity index is 1.81. The van der Waals surface area contributed by atoms with Crippen LogP contribution in [0.4, 0.5) is 14.9 Å². The van der Waals surface area contributed by atoms with E-state index < -0.39 is 23.5 Å². The summed E-state index contributed by atoms with van der Waals surface area (Å²) in [5, 5.41) is 3.04. The molecule has 3 aromatic rings. The summed E-state index contributed by atoms with van der Waals surface area (Å²) >= 11 is 0. The maximum Gasteiger partial charge on any atom is 0.411 e. The number of fused-ring (bicyclic) bond motifs is 1. The van der Waals surface area contributed by atoms with E-state index in [1.165, 1.54) is 24.3 Å². The average molecular weight is 399 g/mol. The molecule has 0 saturated carbocycles. The summed E-state index contributed by atoms with van der Waals surface area (Å²) in [6.07, 6.45) is -0.635. The van der Waals surface area contributed by atoms with Crippen molar-refractivity contribution in [3.63, 3.8) is 0 Å². The number of esters is 1. The van der Waals surface area contributed by atoms with Crippen molar-refractivity contribution in [1.29, 1.82) is 0 Å². The Kier molecular flexibility index (Phi) is 5.92. The molecule has 1 aromatic heterocycles. The van der Waals surface area contributed by atoms with Gasteiger partial charge in [-0.05, 0) is 43.7 Å². The van der Waals surface area contributed by atoms with Crippen LogP contribution in [0.3, 0.4) is 0 Å². The molecule has 1 heterocycles. The van der Waals surface area contributed by atoms with E-state index in [0.717, 1.165) is 6.07 Å². The number of amides is 1. The van der Waals surface area contributed by atoms with Crippen LogP contribution in [0.25, 0.3) is 11.0 Å². The summed E-state index contributed by atoms with van der Waals surface area (Å²) in [6, 6.07) is 9.94. The van der Waals surface area contributed by atoms with Crippen molar-refractivity contribution in [2.24, 2.45) is 0 Å². The smallest absolute Gasteiger partial charge is 0.411 e. The van der Waals surface area contributed by atoms with E-state index in [1.807, 2.05) is 0 Å². The van der Waals surface area contributed by atoms with E-state index >= 15 is 0 Å². The number of carbonyl (C=O) groups is 2. The SMILES string of the molecule is CCOC(=O)Nc1ccc2c(COC(=O)c3ccc(C)c(F)c3)cc(=O)oc2c1. The predicted molar refractivity (Wildman–Crippen MR) is 103 cm³/mol. The fourth-order valence-electron chi connectivity index (χ4n) is 2.66. The third-order valence-electron chi connectivity index (χ3n) is 4.12. The molecule has 7 nitrogen and oxygen atoms in total. The van der Waals surface area contributed by atoms with Gasteiger partial charge in [0.05, 0.1) is 12.2 Å². The Morgan fingerprint density at radius 2 is 1.90 bits per heavy atom. The van der Waals surface area contributed by atoms with E-state index in [4.69, 9.17) is 13.9 Å². The van der Waals surface area contributed by atoms with Gasteiger partial charge in [-0.15, -0.1) is 0 Å². The molecule has 0 spiro atoms. The zero-order valence-electron chi connectivity index (χ0n) is 15.8. The minimum Gasteiger partial charge on any atom is -0.457 e. The Morgan fingerprint density at radius 1 is 1.10 bits per heavy atom. The van der Waals surface area contributed by atoms with Crippen LogP contribution in [-0.4, -0.2) is 18.7 Å². The second-order valence-electron chi connectivity index (χ2n) is 6.19. The van der Waals surface area contributed by atoms with Crippen molar-refractivity contribution in [3.8, 4) is 0 Å². The van der Waals surface area contributed by atoms with Crippen molar-refractivity contribution >= 4 is 28.7 Å². The Hall–Kier alpha value is -3.68. The number of ether oxygens (including phenoxy) is 2. The highest BCUT2D eigenvalue weighted by Gasteiger charge is 2.13. The summed E-state index contributed by atoms with van der Waals surface area (Å²) < 4.78 is 28.8. The van der Waals surface area contributed by atoms with Gasteiger partial charge in [0.15, 0.2) is 0 Å². The van der Waals surface area contributed by atoms with Gasteiger partial charge in [-0.2, -0.15) is 0 Å². The molecule has 150 valence electrons. The average Bonchev–Trinajstić information content (AvgIpc) is 2.67. The van der Waals surface area contributed by atoms with Gasteiger partial charge >= 0.3 is 17.7 Å². The summed E-state index contributed by atoms with van der Waals surface area (Å²) in [4.78, 5) is 35.6. The van der Waals surface area contributed by atoms with Crippen LogP contribution in [0.5, 0.6) is 0 Å². The molecule has 0 aliphatic heterocycles. The molecule has 0 radical (unpaired) electrons. The topological polar surface area (TPSA) is 94.8 Å². The quantitative estimate of drug-likeness (QED) is 0.511. The highest BCUT2D eigenvalue weighted by Crippen LogP contribution is 2.22. The third-order valence-corrected chi connectivity index (χ3v) is 4.12. The van der Waals surface area contributed by atoms with E-state index in [9.17, 15) is 18.8 Å². The maximum absolute atomic E-state index is 13.6. The molecule has 29 heavy (non-hydrogen) atoms. The lowest BCUT2D eigenvalue weighted by molar-refractivity contribution is 0.0473. The minimum absolute atomic E-state index is 0.0706. The molecule has 0 atom stereocenters. The molecule has 0 fully saturated rings. The van der Waals surface area contributed by atoms with Crippen LogP contribution >= 0.6 is 0 Å². The number of aryl methyl sites for hydroxylation is 1. The van der Waals surface area contributed by atoms with E-state index in [2.05, 4.69) is 5.32 Å². The molecule has 1 amide bonds. The standard InChI is InChI=1S/C21H18FNO6/c1-3-27-21(26)23-15-6-7-16-14(9-19(24)29-18(16)10-15)11-28-20(25)13-5-4-12(2)17(22)8-13/h4-10H,3,11H2,1-2H3,(H,23,26). The Morgan fingerprint density at radius 3 is 2.62 bits per heavy atom. The number of hydrogen-bond acceptors (Lipinski definition) is 6. The van der Waals surface area contributed by atoms with E-state index in [1.54, 1.807) is 26.0 Å². The minimum atomic E-state index is -0.717. The van der Waals surface area contributed by atoms with Crippen LogP contribution < -0.4 is 10.9 Å². The number of carbonyl (C=O) groups excluding carboxylic acids is 2. The molecule has 0 bridgehead atoms.